The Kier molecular flexibility index (Phi) is 7.34. The number of benzene rings is 7. The maximum Gasteiger partial charge on any atom is 0.129 e. The molecule has 10 aromatic rings. The van der Waals surface area contributed by atoms with Gasteiger partial charge in [0.2, 0.25) is 0 Å². The first-order chi connectivity index (χ1) is 36.2. The van der Waals surface area contributed by atoms with Crippen molar-refractivity contribution in [3.8, 4) is 44.8 Å². The van der Waals surface area contributed by atoms with Crippen molar-refractivity contribution in [2.45, 2.75) is 65.8 Å². The zero-order valence-corrected chi connectivity index (χ0v) is 35.7. The molecule has 4 heteroatoms. The van der Waals surface area contributed by atoms with Crippen LogP contribution in [0.2, 0.25) is 0 Å². The first-order valence-corrected chi connectivity index (χ1v) is 20.2. The van der Waals surface area contributed by atoms with Crippen LogP contribution < -0.4 is 0 Å². The van der Waals surface area contributed by atoms with Crippen molar-refractivity contribution in [1.29, 1.82) is 0 Å². The van der Waals surface area contributed by atoms with Gasteiger partial charge in [-0.25, -0.2) is 0 Å². The van der Waals surface area contributed by atoms with E-state index in [0.29, 0.717) is 63.2 Å². The van der Waals surface area contributed by atoms with Crippen molar-refractivity contribution in [1.82, 2.24) is 9.97 Å². The average Bonchev–Trinajstić information content (AvgIpc) is 4.06. The van der Waals surface area contributed by atoms with Crippen LogP contribution >= 0.6 is 0 Å². The smallest absolute Gasteiger partial charge is 0.129 e. The molecule has 62 heavy (non-hydrogen) atoms. The monoisotopic (exact) mass is 997 g/mol. The molecule has 0 atom stereocenters. The number of rotatable bonds is 5. The zero-order chi connectivity index (χ0) is 55.0. The summed E-state index contributed by atoms with van der Waals surface area (Å²) < 4.78 is 136. The second-order valence-electron chi connectivity index (χ2n) is 15.4. The van der Waals surface area contributed by atoms with Crippen LogP contribution in [0.5, 0.6) is 0 Å². The Morgan fingerprint density at radius 1 is 0.597 bits per heavy atom. The first kappa shape index (κ1) is 26.3. The molecule has 3 aromatic heterocycles. The fourth-order valence-electron chi connectivity index (χ4n) is 8.48. The Morgan fingerprint density at radius 2 is 1.37 bits per heavy atom. The van der Waals surface area contributed by atoms with Crippen molar-refractivity contribution >= 4 is 43.5 Å². The van der Waals surface area contributed by atoms with Gasteiger partial charge in [-0.3, -0.25) is 0 Å². The summed E-state index contributed by atoms with van der Waals surface area (Å²) in [4.78, 5) is 8.68. The summed E-state index contributed by atoms with van der Waals surface area (Å²) in [6.45, 7) is -12.3. The Labute approximate surface area is 400 Å². The number of pyridine rings is 2. The van der Waals surface area contributed by atoms with E-state index in [-0.39, 0.29) is 59.0 Å². The molecule has 1 aliphatic carbocycles. The Bertz CT molecular complexity index is 3810. The molecular formula is C58H48IrN2O-2. The van der Waals surface area contributed by atoms with E-state index in [4.69, 9.17) is 26.3 Å². The van der Waals surface area contributed by atoms with Gasteiger partial charge in [0.25, 0.3) is 0 Å². The molecule has 0 spiro atoms. The largest absolute Gasteiger partial charge is 0.500 e. The normalized spacial score (nSPS) is 18.1. The number of aromatic nitrogens is 2. The predicted octanol–water partition coefficient (Wildman–Crippen LogP) is 15.8. The molecule has 0 saturated heterocycles. The zero-order valence-electron chi connectivity index (χ0n) is 49.3. The van der Waals surface area contributed by atoms with E-state index in [0.717, 1.165) is 45.2 Å². The van der Waals surface area contributed by atoms with E-state index in [1.807, 2.05) is 24.3 Å². The Morgan fingerprint density at radius 3 is 2.18 bits per heavy atom. The maximum atomic E-state index is 9.00. The molecule has 1 aliphatic rings. The van der Waals surface area contributed by atoms with Gasteiger partial charge in [-0.15, -0.1) is 53.6 Å². The van der Waals surface area contributed by atoms with Crippen molar-refractivity contribution in [2.75, 3.05) is 0 Å². The molecule has 0 unspecified atom stereocenters. The Hall–Kier alpha value is -6.19. The molecule has 307 valence electrons. The second kappa shape index (κ2) is 17.3. The van der Waals surface area contributed by atoms with E-state index in [2.05, 4.69) is 52.4 Å². The van der Waals surface area contributed by atoms with Gasteiger partial charge in [0.1, 0.15) is 5.58 Å². The topological polar surface area (TPSA) is 38.9 Å². The summed E-state index contributed by atoms with van der Waals surface area (Å²) in [5, 5.41) is 5.83. The number of nitrogens with zero attached hydrogens (tertiary/aromatic N) is 2. The van der Waals surface area contributed by atoms with Crippen LogP contribution in [0.1, 0.15) is 86.9 Å². The summed E-state index contributed by atoms with van der Waals surface area (Å²) in [6, 6.07) is 44.9. The van der Waals surface area contributed by atoms with E-state index in [9.17, 15) is 0 Å². The summed E-state index contributed by atoms with van der Waals surface area (Å²) in [6.07, 6.45) is 5.63. The first-order valence-electron chi connectivity index (χ1n) is 28.2. The van der Waals surface area contributed by atoms with Crippen molar-refractivity contribution in [2.24, 2.45) is 0 Å². The van der Waals surface area contributed by atoms with Crippen LogP contribution in [0.4, 0.5) is 0 Å². The van der Waals surface area contributed by atoms with Gasteiger partial charge in [0.15, 0.2) is 0 Å². The van der Waals surface area contributed by atoms with Gasteiger partial charge in [-0.2, -0.15) is 0 Å². The number of hydrogen-bond donors (Lipinski definition) is 0. The van der Waals surface area contributed by atoms with Gasteiger partial charge in [-0.05, 0) is 124 Å². The standard InChI is InChI=1S/C45H36NO.C13H12N.Ir/c1-27-23-33(30-9-4-5-10-30)18-20-35(27)34-19-21-36(28(2)24-34)41-25-42(46-26-29(41)3)40-14-8-13-38-39-22-17-32-16-15-31-11-6-7-12-37(31)43(32)45(39)47-44(38)40;1-10-3-6-12(7-4-10)13-8-5-11(2)9-14-13;/h6-8,11-13,15-26,30H,4-5,9-10H2,1-3H3;3-6,8-9H,1-2H3;/q2*-1;/i1D3,2D3,3D3,30D;1D3,2D3;. The maximum absolute atomic E-state index is 9.00. The van der Waals surface area contributed by atoms with Crippen molar-refractivity contribution in [3.05, 3.63) is 191 Å². The van der Waals surface area contributed by atoms with Crippen LogP contribution in [-0.2, 0) is 20.1 Å². The summed E-state index contributed by atoms with van der Waals surface area (Å²) in [5.74, 6) is -0.872. The van der Waals surface area contributed by atoms with E-state index in [1.165, 1.54) is 36.7 Å². The summed E-state index contributed by atoms with van der Waals surface area (Å²) in [5.41, 5.74) is 4.97. The molecule has 11 rings (SSSR count). The molecule has 0 amide bonds. The molecule has 3 nitrogen and oxygen atoms in total. The third kappa shape index (κ3) is 7.79. The third-order valence-electron chi connectivity index (χ3n) is 11.6. The second-order valence-corrected chi connectivity index (χ2v) is 15.4. The molecular weight excluding hydrogens is 933 g/mol. The molecule has 0 N–H and O–H groups in total. The number of hydrogen-bond acceptors (Lipinski definition) is 3. The minimum atomic E-state index is -2.72. The van der Waals surface area contributed by atoms with Crippen LogP contribution in [0.15, 0.2) is 150 Å². The van der Waals surface area contributed by atoms with Crippen LogP contribution in [0.25, 0.3) is 88.3 Å². The SMILES string of the molecule is [2H]C([2H])([2H])c1c[c-]c(-c2ccc(C([2H])([2H])[2H])cn2)cc1.[2H]C([2H])([2H])c1cc(C2([2H])CCCC2)ccc1-c1ccc(-c2cc(-c3[c-]ccc4c3oc3c4ccc4ccc5ccccc5c43)ncc2C([2H])([2H])[2H])c(C([2H])([2H])[2H])c1.[Ir]. The predicted molar refractivity (Wildman–Crippen MR) is 255 cm³/mol. The third-order valence-corrected chi connectivity index (χ3v) is 11.6. The summed E-state index contributed by atoms with van der Waals surface area (Å²) >= 11 is 0. The molecule has 1 radical (unpaired) electrons. The van der Waals surface area contributed by atoms with Crippen LogP contribution in [0, 0.1) is 46.4 Å². The van der Waals surface area contributed by atoms with Gasteiger partial charge in [0.05, 0.1) is 5.58 Å². The van der Waals surface area contributed by atoms with E-state index in [1.54, 1.807) is 54.6 Å². The van der Waals surface area contributed by atoms with Crippen molar-refractivity contribution < 1.29 is 46.5 Å². The molecule has 3 heterocycles. The van der Waals surface area contributed by atoms with Gasteiger partial charge in [0, 0.05) is 65.2 Å². The van der Waals surface area contributed by atoms with E-state index >= 15 is 0 Å². The van der Waals surface area contributed by atoms with E-state index < -0.39 is 40.2 Å². The molecule has 7 aromatic carbocycles. The number of fused-ring (bicyclic) bond motifs is 7. The van der Waals surface area contributed by atoms with Gasteiger partial charge >= 0.3 is 0 Å². The van der Waals surface area contributed by atoms with Crippen molar-refractivity contribution in [3.63, 3.8) is 0 Å². The summed E-state index contributed by atoms with van der Waals surface area (Å²) in [7, 11) is 0. The quantitative estimate of drug-likeness (QED) is 0.127. The molecule has 0 bridgehead atoms. The van der Waals surface area contributed by atoms with Crippen LogP contribution in [-0.4, -0.2) is 9.97 Å². The molecule has 1 fully saturated rings. The Balaban J connectivity index is 0.000000297. The minimum absolute atomic E-state index is 0. The fraction of sp³-hybridized carbons (Fsp3) is 0.172. The minimum Gasteiger partial charge on any atom is -0.500 e. The van der Waals surface area contributed by atoms with Gasteiger partial charge < -0.3 is 14.4 Å². The average molecular weight is 997 g/mol. The molecule has 1 saturated carbocycles. The molecule has 0 aliphatic heterocycles. The van der Waals surface area contributed by atoms with Crippen LogP contribution in [0.3, 0.4) is 0 Å². The van der Waals surface area contributed by atoms with Gasteiger partial charge in [-0.1, -0.05) is 134 Å². The number of aryl methyl sites for hydroxylation is 5. The number of furan rings is 1. The fourth-order valence-corrected chi connectivity index (χ4v) is 8.48.